The summed E-state index contributed by atoms with van der Waals surface area (Å²) in [6.45, 7) is 2.54. The second-order valence-corrected chi connectivity index (χ2v) is 8.97. The molecule has 174 valence electrons. The second kappa shape index (κ2) is 9.33. The SMILES string of the molecule is CC(O)C(N)C1(CC(=O)N2CCC(c3ccc(-c4ccccc4)cc3)CC2)NC(=O)NC1=O. The molecule has 0 aromatic heterocycles. The van der Waals surface area contributed by atoms with Crippen molar-refractivity contribution in [1.29, 1.82) is 0 Å². The second-order valence-electron chi connectivity index (χ2n) is 8.97. The van der Waals surface area contributed by atoms with E-state index in [-0.39, 0.29) is 12.3 Å². The third-order valence-corrected chi connectivity index (χ3v) is 6.82. The zero-order valence-electron chi connectivity index (χ0n) is 18.7. The average molecular weight is 451 g/mol. The largest absolute Gasteiger partial charge is 0.392 e. The molecule has 8 nitrogen and oxygen atoms in total. The normalized spacial score (nSPS) is 23.1. The molecule has 2 aromatic rings. The molecule has 2 saturated heterocycles. The smallest absolute Gasteiger partial charge is 0.322 e. The minimum Gasteiger partial charge on any atom is -0.392 e. The van der Waals surface area contributed by atoms with Crippen molar-refractivity contribution in [3.05, 3.63) is 60.2 Å². The minimum absolute atomic E-state index is 0.263. The molecule has 0 spiro atoms. The Hall–Kier alpha value is -3.23. The van der Waals surface area contributed by atoms with Gasteiger partial charge in [-0.1, -0.05) is 54.6 Å². The van der Waals surface area contributed by atoms with Gasteiger partial charge in [0, 0.05) is 13.1 Å². The fraction of sp³-hybridized carbons (Fsp3) is 0.400. The lowest BCUT2D eigenvalue weighted by Crippen LogP contribution is -2.65. The fourth-order valence-electron chi connectivity index (χ4n) is 4.78. The van der Waals surface area contributed by atoms with Crippen LogP contribution in [0.3, 0.4) is 0 Å². The highest BCUT2D eigenvalue weighted by Gasteiger charge is 2.54. The molecule has 2 aliphatic heterocycles. The molecule has 2 aromatic carbocycles. The molecule has 4 rings (SSSR count). The lowest BCUT2D eigenvalue weighted by atomic mass is 9.83. The van der Waals surface area contributed by atoms with E-state index in [2.05, 4.69) is 47.0 Å². The molecule has 4 amide bonds. The van der Waals surface area contributed by atoms with Crippen LogP contribution in [-0.2, 0) is 9.59 Å². The molecular formula is C25H30N4O4. The Labute approximate surface area is 193 Å². The van der Waals surface area contributed by atoms with Crippen molar-refractivity contribution in [2.75, 3.05) is 13.1 Å². The maximum absolute atomic E-state index is 13.0. The summed E-state index contributed by atoms with van der Waals surface area (Å²) in [5.41, 5.74) is 7.99. The monoisotopic (exact) mass is 450 g/mol. The van der Waals surface area contributed by atoms with E-state index >= 15 is 0 Å². The summed E-state index contributed by atoms with van der Waals surface area (Å²) in [6, 6.07) is 17.0. The topological polar surface area (TPSA) is 125 Å². The van der Waals surface area contributed by atoms with Crippen molar-refractivity contribution in [2.24, 2.45) is 5.73 Å². The van der Waals surface area contributed by atoms with Crippen LogP contribution in [0.4, 0.5) is 4.79 Å². The van der Waals surface area contributed by atoms with Crippen LogP contribution in [0.15, 0.2) is 54.6 Å². The number of carbonyl (C=O) groups excluding carboxylic acids is 3. The summed E-state index contributed by atoms with van der Waals surface area (Å²) in [5, 5.41) is 14.6. The molecule has 2 heterocycles. The molecule has 0 saturated carbocycles. The Morgan fingerprint density at radius 1 is 1.09 bits per heavy atom. The highest BCUT2D eigenvalue weighted by molar-refractivity contribution is 6.09. The first-order valence-corrected chi connectivity index (χ1v) is 11.3. The van der Waals surface area contributed by atoms with Crippen molar-refractivity contribution in [1.82, 2.24) is 15.5 Å². The lowest BCUT2D eigenvalue weighted by Gasteiger charge is -2.37. The number of urea groups is 1. The van der Waals surface area contributed by atoms with Crippen LogP contribution in [0.2, 0.25) is 0 Å². The standard InChI is InChI=1S/C25H30N4O4/c1-16(30)22(26)25(23(32)27-24(33)28-25)15-21(31)29-13-11-20(12-14-29)19-9-7-18(8-10-19)17-5-3-2-4-6-17/h2-10,16,20,22,30H,11-15,26H2,1H3,(H2,27,28,32,33). The van der Waals surface area contributed by atoms with Gasteiger partial charge in [0.15, 0.2) is 0 Å². The van der Waals surface area contributed by atoms with Crippen LogP contribution in [0, 0.1) is 0 Å². The number of likely N-dealkylation sites (tertiary alicyclic amines) is 1. The quantitative estimate of drug-likeness (QED) is 0.499. The first-order chi connectivity index (χ1) is 15.8. The van der Waals surface area contributed by atoms with Crippen LogP contribution in [0.1, 0.15) is 37.7 Å². The van der Waals surface area contributed by atoms with Crippen molar-refractivity contribution in [3.8, 4) is 11.1 Å². The predicted molar refractivity (Wildman–Crippen MR) is 124 cm³/mol. The number of piperidine rings is 1. The molecule has 33 heavy (non-hydrogen) atoms. The number of benzene rings is 2. The van der Waals surface area contributed by atoms with Gasteiger partial charge in [0.1, 0.15) is 5.54 Å². The van der Waals surface area contributed by atoms with Crippen LogP contribution in [0.5, 0.6) is 0 Å². The summed E-state index contributed by atoms with van der Waals surface area (Å²) in [6.07, 6.45) is 0.258. The predicted octanol–water partition coefficient (Wildman–Crippen LogP) is 1.74. The van der Waals surface area contributed by atoms with Gasteiger partial charge in [-0.2, -0.15) is 0 Å². The zero-order chi connectivity index (χ0) is 23.6. The van der Waals surface area contributed by atoms with Gasteiger partial charge in [-0.05, 0) is 42.4 Å². The minimum atomic E-state index is -1.65. The maximum Gasteiger partial charge on any atom is 0.322 e. The molecule has 2 fully saturated rings. The average Bonchev–Trinajstić information content (AvgIpc) is 3.12. The van der Waals surface area contributed by atoms with E-state index in [4.69, 9.17) is 5.73 Å². The zero-order valence-corrected chi connectivity index (χ0v) is 18.7. The first kappa shape index (κ1) is 22.9. The Morgan fingerprint density at radius 2 is 1.70 bits per heavy atom. The number of aliphatic hydroxyl groups is 1. The third-order valence-electron chi connectivity index (χ3n) is 6.82. The van der Waals surface area contributed by atoms with E-state index < -0.39 is 29.6 Å². The first-order valence-electron chi connectivity index (χ1n) is 11.3. The number of nitrogens with two attached hydrogens (primary N) is 1. The Bertz CT molecular complexity index is 1020. The van der Waals surface area contributed by atoms with E-state index in [1.165, 1.54) is 23.6 Å². The van der Waals surface area contributed by atoms with E-state index in [0.717, 1.165) is 12.8 Å². The number of amides is 4. The molecule has 0 radical (unpaired) electrons. The summed E-state index contributed by atoms with van der Waals surface area (Å²) < 4.78 is 0. The van der Waals surface area contributed by atoms with Crippen LogP contribution in [0.25, 0.3) is 11.1 Å². The number of rotatable bonds is 6. The van der Waals surface area contributed by atoms with Gasteiger partial charge < -0.3 is 21.1 Å². The van der Waals surface area contributed by atoms with Crippen molar-refractivity contribution >= 4 is 17.8 Å². The Morgan fingerprint density at radius 3 is 2.24 bits per heavy atom. The number of carbonyl (C=O) groups is 3. The van der Waals surface area contributed by atoms with E-state index in [1.54, 1.807) is 4.90 Å². The van der Waals surface area contributed by atoms with Gasteiger partial charge in [0.2, 0.25) is 5.91 Å². The molecule has 0 bridgehead atoms. The Kier molecular flexibility index (Phi) is 6.49. The van der Waals surface area contributed by atoms with Gasteiger partial charge in [0.05, 0.1) is 18.6 Å². The number of nitrogens with zero attached hydrogens (tertiary/aromatic N) is 1. The van der Waals surface area contributed by atoms with Crippen LogP contribution >= 0.6 is 0 Å². The molecule has 3 unspecified atom stereocenters. The summed E-state index contributed by atoms with van der Waals surface area (Å²) in [5.74, 6) is -0.592. The van der Waals surface area contributed by atoms with Gasteiger partial charge in [-0.25, -0.2) is 4.79 Å². The van der Waals surface area contributed by atoms with Crippen LogP contribution < -0.4 is 16.4 Å². The molecule has 3 atom stereocenters. The fourth-order valence-corrected chi connectivity index (χ4v) is 4.78. The van der Waals surface area contributed by atoms with E-state index in [9.17, 15) is 19.5 Å². The number of hydrogen-bond acceptors (Lipinski definition) is 5. The van der Waals surface area contributed by atoms with Crippen molar-refractivity contribution in [3.63, 3.8) is 0 Å². The molecule has 8 heteroatoms. The number of hydrogen-bond donors (Lipinski definition) is 4. The molecule has 2 aliphatic rings. The van der Waals surface area contributed by atoms with Gasteiger partial charge in [-0.15, -0.1) is 0 Å². The number of aliphatic hydroxyl groups excluding tert-OH is 1. The van der Waals surface area contributed by atoms with Crippen molar-refractivity contribution < 1.29 is 19.5 Å². The summed E-state index contributed by atoms with van der Waals surface area (Å²) in [7, 11) is 0. The van der Waals surface area contributed by atoms with Gasteiger partial charge in [0.25, 0.3) is 5.91 Å². The summed E-state index contributed by atoms with van der Waals surface area (Å²) >= 11 is 0. The molecular weight excluding hydrogens is 420 g/mol. The maximum atomic E-state index is 13.0. The molecule has 5 N–H and O–H groups in total. The van der Waals surface area contributed by atoms with Gasteiger partial charge in [-0.3, -0.25) is 14.9 Å². The highest BCUT2D eigenvalue weighted by atomic mass is 16.3. The summed E-state index contributed by atoms with van der Waals surface area (Å²) in [4.78, 5) is 39.0. The van der Waals surface area contributed by atoms with Gasteiger partial charge >= 0.3 is 6.03 Å². The number of imide groups is 1. The molecule has 0 aliphatic carbocycles. The van der Waals surface area contributed by atoms with Crippen LogP contribution in [-0.4, -0.2) is 58.6 Å². The highest BCUT2D eigenvalue weighted by Crippen LogP contribution is 2.31. The van der Waals surface area contributed by atoms with Crippen molar-refractivity contribution in [2.45, 2.75) is 49.8 Å². The Balaban J connectivity index is 1.39. The number of nitrogens with one attached hydrogen (secondary N) is 2. The van der Waals surface area contributed by atoms with E-state index in [1.807, 2.05) is 18.2 Å². The van der Waals surface area contributed by atoms with E-state index in [0.29, 0.717) is 19.0 Å². The third kappa shape index (κ3) is 4.62. The lowest BCUT2D eigenvalue weighted by molar-refractivity contribution is -0.138.